The first-order valence-corrected chi connectivity index (χ1v) is 9.67. The van der Waals surface area contributed by atoms with Crippen LogP contribution in [0.2, 0.25) is 10.0 Å². The second-order valence-electron chi connectivity index (χ2n) is 6.00. The zero-order valence-electron chi connectivity index (χ0n) is 13.5. The van der Waals surface area contributed by atoms with E-state index in [0.29, 0.717) is 33.6 Å². The van der Waals surface area contributed by atoms with E-state index in [1.165, 1.54) is 11.3 Å². The van der Waals surface area contributed by atoms with Crippen molar-refractivity contribution in [3.8, 4) is 0 Å². The maximum Gasteiger partial charge on any atom is 0.263 e. The molecule has 2 heterocycles. The van der Waals surface area contributed by atoms with Crippen molar-refractivity contribution in [3.05, 3.63) is 63.5 Å². The first-order chi connectivity index (χ1) is 12.6. The minimum absolute atomic E-state index is 0.163. The molecule has 26 heavy (non-hydrogen) atoms. The molecule has 1 atom stereocenters. The average Bonchev–Trinajstić information content (AvgIpc) is 3.17. The Kier molecular flexibility index (Phi) is 4.61. The van der Waals surface area contributed by atoms with Gasteiger partial charge in [0.1, 0.15) is 10.9 Å². The normalized spacial score (nSPS) is 17.1. The number of amides is 2. The lowest BCUT2D eigenvalue weighted by Gasteiger charge is -2.18. The van der Waals surface area contributed by atoms with Gasteiger partial charge in [-0.3, -0.25) is 9.59 Å². The molecule has 1 unspecified atom stereocenters. The Morgan fingerprint density at radius 2 is 1.85 bits per heavy atom. The molecule has 1 N–H and O–H groups in total. The van der Waals surface area contributed by atoms with Crippen LogP contribution in [0.5, 0.6) is 0 Å². The van der Waals surface area contributed by atoms with Gasteiger partial charge in [-0.05, 0) is 24.6 Å². The number of carbonyl (C=O) groups excluding carboxylic acids is 2. The van der Waals surface area contributed by atoms with Crippen molar-refractivity contribution < 1.29 is 9.59 Å². The van der Waals surface area contributed by atoms with E-state index in [0.717, 1.165) is 10.1 Å². The van der Waals surface area contributed by atoms with Crippen molar-refractivity contribution in [3.63, 3.8) is 0 Å². The lowest BCUT2D eigenvalue weighted by atomic mass is 10.2. The van der Waals surface area contributed by atoms with E-state index in [2.05, 4.69) is 5.32 Å². The number of halogens is 2. The van der Waals surface area contributed by atoms with Gasteiger partial charge in [-0.15, -0.1) is 11.3 Å². The Morgan fingerprint density at radius 1 is 1.12 bits per heavy atom. The van der Waals surface area contributed by atoms with Crippen molar-refractivity contribution in [2.24, 2.45) is 0 Å². The number of fused-ring (bicyclic) bond motifs is 1. The van der Waals surface area contributed by atoms with Gasteiger partial charge in [0, 0.05) is 16.6 Å². The summed E-state index contributed by atoms with van der Waals surface area (Å²) in [6.45, 7) is 0.508. The molecule has 1 fully saturated rings. The van der Waals surface area contributed by atoms with Crippen LogP contribution in [0.1, 0.15) is 16.1 Å². The molecule has 4 nitrogen and oxygen atoms in total. The highest BCUT2D eigenvalue weighted by Crippen LogP contribution is 2.35. The van der Waals surface area contributed by atoms with E-state index in [-0.39, 0.29) is 11.8 Å². The fraction of sp³-hybridized carbons (Fsp3) is 0.158. The quantitative estimate of drug-likeness (QED) is 0.684. The number of hydrogen-bond donors (Lipinski definition) is 1. The van der Waals surface area contributed by atoms with Crippen LogP contribution in [-0.2, 0) is 4.79 Å². The summed E-state index contributed by atoms with van der Waals surface area (Å²) in [5, 5.41) is 4.61. The topological polar surface area (TPSA) is 49.4 Å². The number of nitrogens with zero attached hydrogens (tertiary/aromatic N) is 1. The van der Waals surface area contributed by atoms with Crippen molar-refractivity contribution in [2.75, 3.05) is 11.4 Å². The number of para-hydroxylation sites is 1. The monoisotopic (exact) mass is 404 g/mol. The largest absolute Gasteiger partial charge is 0.339 e. The molecule has 132 valence electrons. The highest BCUT2D eigenvalue weighted by Gasteiger charge is 2.35. The molecule has 0 aliphatic carbocycles. The van der Waals surface area contributed by atoms with Crippen molar-refractivity contribution in [1.82, 2.24) is 5.32 Å². The van der Waals surface area contributed by atoms with Crippen molar-refractivity contribution in [1.29, 1.82) is 0 Å². The van der Waals surface area contributed by atoms with Crippen LogP contribution < -0.4 is 10.2 Å². The Hall–Kier alpha value is -2.08. The number of thiophene rings is 1. The number of carbonyl (C=O) groups is 2. The predicted octanol–water partition coefficient (Wildman–Crippen LogP) is 4.74. The molecule has 2 aromatic carbocycles. The smallest absolute Gasteiger partial charge is 0.263 e. The van der Waals surface area contributed by atoms with Gasteiger partial charge in [-0.2, -0.15) is 0 Å². The third-order valence-electron chi connectivity index (χ3n) is 4.40. The number of hydrogen-bond acceptors (Lipinski definition) is 3. The molecule has 0 bridgehead atoms. The van der Waals surface area contributed by atoms with E-state index in [1.807, 2.05) is 36.4 Å². The average molecular weight is 405 g/mol. The zero-order chi connectivity index (χ0) is 18.3. The second kappa shape index (κ2) is 6.91. The Balaban J connectivity index is 1.54. The van der Waals surface area contributed by atoms with Crippen LogP contribution in [0.3, 0.4) is 0 Å². The molecule has 1 saturated heterocycles. The fourth-order valence-corrected chi connectivity index (χ4v) is 4.77. The molecular weight excluding hydrogens is 391 g/mol. The highest BCUT2D eigenvalue weighted by atomic mass is 35.5. The van der Waals surface area contributed by atoms with E-state index in [1.54, 1.807) is 17.0 Å². The molecule has 0 radical (unpaired) electrons. The van der Waals surface area contributed by atoms with Gasteiger partial charge in [0.25, 0.3) is 5.91 Å². The van der Waals surface area contributed by atoms with Crippen molar-refractivity contribution >= 4 is 62.1 Å². The van der Waals surface area contributed by atoms with Crippen LogP contribution in [0.15, 0.2) is 48.5 Å². The lowest BCUT2D eigenvalue weighted by Crippen LogP contribution is -2.41. The fourth-order valence-electron chi connectivity index (χ4n) is 3.11. The Labute approximate surface area is 164 Å². The summed E-state index contributed by atoms with van der Waals surface area (Å²) in [5.74, 6) is -0.487. The zero-order valence-corrected chi connectivity index (χ0v) is 15.9. The molecule has 3 aromatic rings. The lowest BCUT2D eigenvalue weighted by molar-refractivity contribution is -0.118. The second-order valence-corrected chi connectivity index (χ2v) is 7.83. The van der Waals surface area contributed by atoms with E-state index < -0.39 is 6.04 Å². The molecule has 7 heteroatoms. The SMILES string of the molecule is O=C(NC1CCN(c2ccccc2Cl)C1=O)c1sc2ccccc2c1Cl. The number of benzene rings is 2. The van der Waals surface area contributed by atoms with E-state index >= 15 is 0 Å². The summed E-state index contributed by atoms with van der Waals surface area (Å²) in [6, 6.07) is 14.2. The summed E-state index contributed by atoms with van der Waals surface area (Å²) < 4.78 is 0.943. The Morgan fingerprint density at radius 3 is 2.62 bits per heavy atom. The third-order valence-corrected chi connectivity index (χ3v) is 6.39. The van der Waals surface area contributed by atoms with Gasteiger partial charge < -0.3 is 10.2 Å². The standard InChI is InChI=1S/C19H14Cl2N2O2S/c20-12-6-2-3-7-14(12)23-10-9-13(19(23)25)22-18(24)17-16(21)11-5-1-4-8-15(11)26-17/h1-8,13H,9-10H2,(H,22,24). The summed E-state index contributed by atoms with van der Waals surface area (Å²) in [5.41, 5.74) is 0.663. The van der Waals surface area contributed by atoms with Gasteiger partial charge in [0.2, 0.25) is 5.91 Å². The van der Waals surface area contributed by atoms with Gasteiger partial charge in [0.15, 0.2) is 0 Å². The summed E-state index contributed by atoms with van der Waals surface area (Å²) >= 11 is 13.9. The summed E-state index contributed by atoms with van der Waals surface area (Å²) in [7, 11) is 0. The summed E-state index contributed by atoms with van der Waals surface area (Å²) in [4.78, 5) is 27.4. The van der Waals surface area contributed by atoms with Gasteiger partial charge in [-0.1, -0.05) is 53.5 Å². The molecular formula is C19H14Cl2N2O2S. The van der Waals surface area contributed by atoms with Crippen LogP contribution in [-0.4, -0.2) is 24.4 Å². The third kappa shape index (κ3) is 2.96. The minimum Gasteiger partial charge on any atom is -0.339 e. The van der Waals surface area contributed by atoms with Crippen molar-refractivity contribution in [2.45, 2.75) is 12.5 Å². The van der Waals surface area contributed by atoms with Crippen LogP contribution in [0, 0.1) is 0 Å². The highest BCUT2D eigenvalue weighted by molar-refractivity contribution is 7.21. The van der Waals surface area contributed by atoms with Gasteiger partial charge >= 0.3 is 0 Å². The van der Waals surface area contributed by atoms with Crippen LogP contribution >= 0.6 is 34.5 Å². The van der Waals surface area contributed by atoms with Crippen LogP contribution in [0.25, 0.3) is 10.1 Å². The molecule has 1 aliphatic heterocycles. The molecule has 0 spiro atoms. The molecule has 0 saturated carbocycles. The molecule has 2 amide bonds. The van der Waals surface area contributed by atoms with E-state index in [4.69, 9.17) is 23.2 Å². The van der Waals surface area contributed by atoms with Crippen LogP contribution in [0.4, 0.5) is 5.69 Å². The number of anilines is 1. The molecule has 1 aromatic heterocycles. The van der Waals surface area contributed by atoms with E-state index in [9.17, 15) is 9.59 Å². The first kappa shape index (κ1) is 17.3. The maximum absolute atomic E-state index is 12.7. The van der Waals surface area contributed by atoms with Gasteiger partial charge in [0.05, 0.1) is 15.7 Å². The first-order valence-electron chi connectivity index (χ1n) is 8.10. The Bertz CT molecular complexity index is 1020. The van der Waals surface area contributed by atoms with Gasteiger partial charge in [-0.25, -0.2) is 0 Å². The molecule has 4 rings (SSSR count). The summed E-state index contributed by atoms with van der Waals surface area (Å²) in [6.07, 6.45) is 0.526. The molecule has 1 aliphatic rings. The predicted molar refractivity (Wildman–Crippen MR) is 107 cm³/mol. The minimum atomic E-state index is -0.583. The number of nitrogens with one attached hydrogen (secondary N) is 1. The maximum atomic E-state index is 12.7. The number of rotatable bonds is 3.